The van der Waals surface area contributed by atoms with Crippen molar-refractivity contribution in [1.29, 1.82) is 0 Å². The molecule has 2 N–H and O–H groups in total. The van der Waals surface area contributed by atoms with Crippen LogP contribution in [0, 0.1) is 0 Å². The number of hydrazine groups is 1. The average Bonchev–Trinajstić information content (AvgIpc) is 2.35. The van der Waals surface area contributed by atoms with E-state index in [1.54, 1.807) is 0 Å². The second-order valence-electron chi connectivity index (χ2n) is 7.43. The van der Waals surface area contributed by atoms with Gasteiger partial charge < -0.3 is 4.74 Å². The molecule has 1 aromatic rings. The van der Waals surface area contributed by atoms with Crippen LogP contribution in [0.2, 0.25) is 0 Å². The molecule has 0 atom stereocenters. The Morgan fingerprint density at radius 1 is 1.33 bits per heavy atom. The van der Waals surface area contributed by atoms with Crippen molar-refractivity contribution in [3.63, 3.8) is 0 Å². The summed E-state index contributed by atoms with van der Waals surface area (Å²) in [7, 11) is 0. The fraction of sp³-hybridized carbons (Fsp3) is 0.588. The SMILES string of the molecule is CC(C)(C)OC(=O)N(N)c1ccc2c(c1)CCCC2(C)C. The number of ether oxygens (including phenoxy) is 1. The minimum Gasteiger partial charge on any atom is -0.442 e. The van der Waals surface area contributed by atoms with Crippen molar-refractivity contribution >= 4 is 11.8 Å². The van der Waals surface area contributed by atoms with Gasteiger partial charge in [-0.15, -0.1) is 0 Å². The van der Waals surface area contributed by atoms with Crippen LogP contribution in [0.1, 0.15) is 58.6 Å². The van der Waals surface area contributed by atoms with Gasteiger partial charge in [-0.2, -0.15) is 0 Å². The molecule has 2 rings (SSSR count). The lowest BCUT2D eigenvalue weighted by Crippen LogP contribution is -2.41. The molecular weight excluding hydrogens is 264 g/mol. The van der Waals surface area contributed by atoms with Crippen LogP contribution in [0.5, 0.6) is 0 Å². The number of aryl methyl sites for hydroxylation is 1. The first-order valence-corrected chi connectivity index (χ1v) is 7.51. The fourth-order valence-corrected chi connectivity index (χ4v) is 2.87. The summed E-state index contributed by atoms with van der Waals surface area (Å²) in [5.74, 6) is 5.91. The topological polar surface area (TPSA) is 55.6 Å². The Balaban J connectivity index is 2.24. The minimum absolute atomic E-state index is 0.192. The molecule has 4 nitrogen and oxygen atoms in total. The molecule has 0 heterocycles. The Hall–Kier alpha value is -1.55. The van der Waals surface area contributed by atoms with E-state index in [4.69, 9.17) is 10.6 Å². The summed E-state index contributed by atoms with van der Waals surface area (Å²) in [5.41, 5.74) is 2.96. The van der Waals surface area contributed by atoms with Crippen LogP contribution in [0.3, 0.4) is 0 Å². The van der Waals surface area contributed by atoms with Gasteiger partial charge in [0.2, 0.25) is 0 Å². The van der Waals surface area contributed by atoms with Crippen LogP contribution in [0.15, 0.2) is 18.2 Å². The first-order valence-electron chi connectivity index (χ1n) is 7.51. The van der Waals surface area contributed by atoms with E-state index in [1.165, 1.54) is 24.0 Å². The smallest absolute Gasteiger partial charge is 0.429 e. The van der Waals surface area contributed by atoms with Crippen molar-refractivity contribution in [2.45, 2.75) is 64.9 Å². The molecule has 0 aliphatic heterocycles. The molecule has 0 fully saturated rings. The Bertz CT molecular complexity index is 544. The van der Waals surface area contributed by atoms with E-state index in [0.717, 1.165) is 11.4 Å². The summed E-state index contributed by atoms with van der Waals surface area (Å²) in [4.78, 5) is 12.0. The second kappa shape index (κ2) is 5.34. The summed E-state index contributed by atoms with van der Waals surface area (Å²) < 4.78 is 5.30. The molecule has 1 aliphatic rings. The molecule has 4 heteroatoms. The summed E-state index contributed by atoms with van der Waals surface area (Å²) in [6.45, 7) is 10.0. The van der Waals surface area contributed by atoms with E-state index >= 15 is 0 Å². The van der Waals surface area contributed by atoms with Gasteiger partial charge >= 0.3 is 6.09 Å². The molecule has 0 saturated carbocycles. The summed E-state index contributed by atoms with van der Waals surface area (Å²) in [6.07, 6.45) is 2.87. The minimum atomic E-state index is -0.551. The maximum atomic E-state index is 12.0. The molecule has 0 saturated heterocycles. The maximum Gasteiger partial charge on any atom is 0.429 e. The molecule has 0 radical (unpaired) electrons. The van der Waals surface area contributed by atoms with Crippen LogP contribution < -0.4 is 10.9 Å². The molecule has 1 aliphatic carbocycles. The molecular formula is C17H26N2O2. The third-order valence-corrected chi connectivity index (χ3v) is 3.93. The van der Waals surface area contributed by atoms with Gasteiger partial charge in [-0.25, -0.2) is 15.6 Å². The highest BCUT2D eigenvalue weighted by Crippen LogP contribution is 2.38. The van der Waals surface area contributed by atoms with Crippen molar-refractivity contribution in [2.75, 3.05) is 5.01 Å². The number of carbonyl (C=O) groups excluding carboxylic acids is 1. The number of carbonyl (C=O) groups is 1. The van der Waals surface area contributed by atoms with Crippen molar-refractivity contribution in [3.8, 4) is 0 Å². The summed E-state index contributed by atoms with van der Waals surface area (Å²) in [5, 5.41) is 1.09. The van der Waals surface area contributed by atoms with E-state index in [1.807, 2.05) is 32.9 Å². The number of rotatable bonds is 1. The zero-order valence-corrected chi connectivity index (χ0v) is 13.7. The standard InChI is InChI=1S/C17H26N2O2/c1-16(2,3)21-15(20)19(18)13-8-9-14-12(11-13)7-6-10-17(14,4)5/h8-9,11H,6-7,10,18H2,1-5H3. The number of amides is 1. The van der Waals surface area contributed by atoms with Crippen LogP contribution in [0.25, 0.3) is 0 Å². The van der Waals surface area contributed by atoms with Crippen LogP contribution in [-0.4, -0.2) is 11.7 Å². The van der Waals surface area contributed by atoms with Gasteiger partial charge in [0.1, 0.15) is 5.60 Å². The highest BCUT2D eigenvalue weighted by Gasteiger charge is 2.28. The largest absolute Gasteiger partial charge is 0.442 e. The van der Waals surface area contributed by atoms with E-state index in [-0.39, 0.29) is 5.41 Å². The van der Waals surface area contributed by atoms with Gasteiger partial charge in [0.25, 0.3) is 0 Å². The molecule has 21 heavy (non-hydrogen) atoms. The lowest BCUT2D eigenvalue weighted by molar-refractivity contribution is 0.0580. The van der Waals surface area contributed by atoms with E-state index in [0.29, 0.717) is 5.69 Å². The second-order valence-corrected chi connectivity index (χ2v) is 7.43. The van der Waals surface area contributed by atoms with E-state index in [9.17, 15) is 4.79 Å². The molecule has 1 aromatic carbocycles. The van der Waals surface area contributed by atoms with Gasteiger partial charge in [-0.05, 0) is 68.7 Å². The molecule has 116 valence electrons. The highest BCUT2D eigenvalue weighted by molar-refractivity contribution is 5.86. The Morgan fingerprint density at radius 3 is 2.62 bits per heavy atom. The first kappa shape index (κ1) is 15.8. The fourth-order valence-electron chi connectivity index (χ4n) is 2.87. The molecule has 0 bridgehead atoms. The maximum absolute atomic E-state index is 12.0. The van der Waals surface area contributed by atoms with Crippen LogP contribution in [-0.2, 0) is 16.6 Å². The van der Waals surface area contributed by atoms with Crippen LogP contribution in [0.4, 0.5) is 10.5 Å². The number of nitrogens with two attached hydrogens (primary N) is 1. The average molecular weight is 290 g/mol. The normalized spacial score (nSPS) is 17.0. The van der Waals surface area contributed by atoms with Crippen molar-refractivity contribution in [2.24, 2.45) is 5.84 Å². The highest BCUT2D eigenvalue weighted by atomic mass is 16.6. The molecule has 0 aromatic heterocycles. The van der Waals surface area contributed by atoms with E-state index in [2.05, 4.69) is 19.9 Å². The lowest BCUT2D eigenvalue weighted by atomic mass is 9.73. The number of anilines is 1. The zero-order chi connectivity index (χ0) is 15.8. The van der Waals surface area contributed by atoms with Crippen LogP contribution >= 0.6 is 0 Å². The lowest BCUT2D eigenvalue weighted by Gasteiger charge is -2.33. The van der Waals surface area contributed by atoms with Gasteiger partial charge in [0.15, 0.2) is 0 Å². The van der Waals surface area contributed by atoms with Gasteiger partial charge in [-0.1, -0.05) is 19.9 Å². The molecule has 0 unspecified atom stereocenters. The third-order valence-electron chi connectivity index (χ3n) is 3.93. The predicted molar refractivity (Wildman–Crippen MR) is 85.3 cm³/mol. The van der Waals surface area contributed by atoms with Crippen molar-refractivity contribution in [1.82, 2.24) is 0 Å². The predicted octanol–water partition coefficient (Wildman–Crippen LogP) is 3.92. The number of benzene rings is 1. The summed E-state index contributed by atoms with van der Waals surface area (Å²) >= 11 is 0. The van der Waals surface area contributed by atoms with E-state index < -0.39 is 11.7 Å². The van der Waals surface area contributed by atoms with Crippen molar-refractivity contribution < 1.29 is 9.53 Å². The Morgan fingerprint density at radius 2 is 2.00 bits per heavy atom. The Labute approximate surface area is 127 Å². The number of hydrogen-bond acceptors (Lipinski definition) is 3. The van der Waals surface area contributed by atoms with Gasteiger partial charge in [-0.3, -0.25) is 0 Å². The third kappa shape index (κ3) is 3.56. The molecule has 1 amide bonds. The molecule has 0 spiro atoms. The summed E-state index contributed by atoms with van der Waals surface area (Å²) in [6, 6.07) is 6.00. The monoisotopic (exact) mass is 290 g/mol. The Kier molecular flexibility index (Phi) is 4.02. The zero-order valence-electron chi connectivity index (χ0n) is 13.7. The van der Waals surface area contributed by atoms with Gasteiger partial charge in [0.05, 0.1) is 5.69 Å². The first-order chi connectivity index (χ1) is 9.60. The number of fused-ring (bicyclic) bond motifs is 1. The quantitative estimate of drug-likeness (QED) is 0.484. The number of nitrogens with zero attached hydrogens (tertiary/aromatic N) is 1. The van der Waals surface area contributed by atoms with Crippen molar-refractivity contribution in [3.05, 3.63) is 29.3 Å². The number of hydrogen-bond donors (Lipinski definition) is 1. The van der Waals surface area contributed by atoms with Gasteiger partial charge in [0, 0.05) is 0 Å².